The van der Waals surface area contributed by atoms with Gasteiger partial charge in [0.1, 0.15) is 5.76 Å². The van der Waals surface area contributed by atoms with E-state index in [1.165, 1.54) is 12.8 Å². The van der Waals surface area contributed by atoms with E-state index in [4.69, 9.17) is 4.42 Å². The molecule has 1 N–H and O–H groups in total. The normalized spacial score (nSPS) is 28.0. The highest BCUT2D eigenvalue weighted by Crippen LogP contribution is 2.29. The minimum Gasteiger partial charge on any atom is -0.469 e. The van der Waals surface area contributed by atoms with Crippen LogP contribution in [0.3, 0.4) is 0 Å². The highest BCUT2D eigenvalue weighted by molar-refractivity contribution is 5.76. The molecular weight excluding hydrogens is 226 g/mol. The second-order valence-electron chi connectivity index (χ2n) is 5.52. The maximum Gasteiger partial charge on any atom is 0.220 e. The van der Waals surface area contributed by atoms with Gasteiger partial charge in [0, 0.05) is 18.9 Å². The van der Waals surface area contributed by atoms with Crippen molar-refractivity contribution in [1.82, 2.24) is 5.32 Å². The lowest BCUT2D eigenvalue weighted by Gasteiger charge is -2.34. The van der Waals surface area contributed by atoms with Crippen molar-refractivity contribution < 1.29 is 9.21 Å². The molecule has 0 aliphatic heterocycles. The van der Waals surface area contributed by atoms with Gasteiger partial charge in [0.25, 0.3) is 0 Å². The molecule has 1 aliphatic rings. The van der Waals surface area contributed by atoms with Crippen LogP contribution in [0, 0.1) is 11.8 Å². The maximum atomic E-state index is 11.9. The minimum atomic E-state index is 0.150. The zero-order chi connectivity index (χ0) is 13.0. The highest BCUT2D eigenvalue weighted by Gasteiger charge is 2.27. The van der Waals surface area contributed by atoms with Gasteiger partial charge in [-0.05, 0) is 30.4 Å². The molecule has 2 rings (SSSR count). The van der Waals surface area contributed by atoms with Crippen molar-refractivity contribution in [2.24, 2.45) is 11.8 Å². The van der Waals surface area contributed by atoms with Crippen LogP contribution in [0.2, 0.25) is 0 Å². The minimum absolute atomic E-state index is 0.150. The molecule has 1 aromatic rings. The van der Waals surface area contributed by atoms with Gasteiger partial charge < -0.3 is 9.73 Å². The average molecular weight is 249 g/mol. The average Bonchev–Trinajstić information content (AvgIpc) is 2.86. The lowest BCUT2D eigenvalue weighted by Crippen LogP contribution is -2.43. The number of carbonyl (C=O) groups is 1. The van der Waals surface area contributed by atoms with Crippen molar-refractivity contribution >= 4 is 5.91 Å². The van der Waals surface area contributed by atoms with Crippen LogP contribution in [0.1, 0.15) is 45.3 Å². The first-order chi connectivity index (χ1) is 8.66. The van der Waals surface area contributed by atoms with Crippen molar-refractivity contribution in [2.75, 3.05) is 0 Å². The Balaban J connectivity index is 1.76. The van der Waals surface area contributed by atoms with E-state index >= 15 is 0 Å². The van der Waals surface area contributed by atoms with Gasteiger partial charge in [-0.1, -0.05) is 26.7 Å². The lowest BCUT2D eigenvalue weighted by atomic mass is 9.78. The number of furan rings is 1. The van der Waals surface area contributed by atoms with E-state index in [1.54, 1.807) is 6.26 Å². The molecule has 0 radical (unpaired) electrons. The van der Waals surface area contributed by atoms with Crippen molar-refractivity contribution in [3.05, 3.63) is 24.2 Å². The van der Waals surface area contributed by atoms with E-state index < -0.39 is 0 Å². The summed E-state index contributed by atoms with van der Waals surface area (Å²) < 4.78 is 5.23. The second kappa shape index (κ2) is 6.07. The summed E-state index contributed by atoms with van der Waals surface area (Å²) in [5, 5.41) is 3.18. The summed E-state index contributed by atoms with van der Waals surface area (Å²) in [6.45, 7) is 4.53. The number of amides is 1. The predicted octanol–water partition coefficient (Wildman–Crippen LogP) is 3.15. The van der Waals surface area contributed by atoms with E-state index in [-0.39, 0.29) is 5.91 Å². The zero-order valence-corrected chi connectivity index (χ0v) is 11.3. The molecule has 1 amide bonds. The number of rotatable bonds is 4. The Morgan fingerprint density at radius 1 is 1.44 bits per heavy atom. The van der Waals surface area contributed by atoms with Gasteiger partial charge in [-0.25, -0.2) is 0 Å². The monoisotopic (exact) mass is 249 g/mol. The Kier molecular flexibility index (Phi) is 4.45. The van der Waals surface area contributed by atoms with Gasteiger partial charge in [-0.2, -0.15) is 0 Å². The third-order valence-electron chi connectivity index (χ3n) is 4.23. The molecular formula is C15H23NO2. The molecule has 0 bridgehead atoms. The van der Waals surface area contributed by atoms with Crippen LogP contribution in [0.15, 0.2) is 22.8 Å². The summed E-state index contributed by atoms with van der Waals surface area (Å²) in [6, 6.07) is 4.13. The standard InChI is InChI=1S/C15H23NO2/c1-11-5-3-7-14(12(11)2)16-15(17)9-8-13-6-4-10-18-13/h4,6,10-12,14H,3,5,7-9H2,1-2H3,(H,16,17)/t11-,12-,14-/m1/s1. The summed E-state index contributed by atoms with van der Waals surface area (Å²) in [5.41, 5.74) is 0. The van der Waals surface area contributed by atoms with Crippen LogP contribution in [0.4, 0.5) is 0 Å². The van der Waals surface area contributed by atoms with Crippen molar-refractivity contribution in [2.45, 2.75) is 52.0 Å². The third-order valence-corrected chi connectivity index (χ3v) is 4.23. The fourth-order valence-electron chi connectivity index (χ4n) is 2.76. The Morgan fingerprint density at radius 2 is 2.28 bits per heavy atom. The SMILES string of the molecule is C[C@@H]1[C@H](C)CCC[C@H]1NC(=O)CCc1ccco1. The van der Waals surface area contributed by atoms with Crippen LogP contribution in [0.25, 0.3) is 0 Å². The Labute approximate surface area is 109 Å². The van der Waals surface area contributed by atoms with Gasteiger partial charge in [0.2, 0.25) is 5.91 Å². The van der Waals surface area contributed by atoms with Gasteiger partial charge in [-0.15, -0.1) is 0 Å². The largest absolute Gasteiger partial charge is 0.469 e. The number of hydrogen-bond acceptors (Lipinski definition) is 2. The molecule has 1 saturated carbocycles. The molecule has 18 heavy (non-hydrogen) atoms. The molecule has 3 heteroatoms. The van der Waals surface area contributed by atoms with E-state index in [0.29, 0.717) is 30.7 Å². The van der Waals surface area contributed by atoms with Crippen molar-refractivity contribution in [3.63, 3.8) is 0 Å². The third kappa shape index (κ3) is 3.37. The molecule has 1 aromatic heterocycles. The summed E-state index contributed by atoms with van der Waals surface area (Å²) in [4.78, 5) is 11.9. The molecule has 1 aliphatic carbocycles. The topological polar surface area (TPSA) is 42.2 Å². The molecule has 3 atom stereocenters. The maximum absolute atomic E-state index is 11.9. The lowest BCUT2D eigenvalue weighted by molar-refractivity contribution is -0.122. The fraction of sp³-hybridized carbons (Fsp3) is 0.667. The number of carbonyl (C=O) groups excluding carboxylic acids is 1. The van der Waals surface area contributed by atoms with E-state index in [2.05, 4.69) is 19.2 Å². The molecule has 0 spiro atoms. The van der Waals surface area contributed by atoms with Crippen molar-refractivity contribution in [3.8, 4) is 0 Å². The molecule has 3 nitrogen and oxygen atoms in total. The van der Waals surface area contributed by atoms with Crippen LogP contribution >= 0.6 is 0 Å². The van der Waals surface area contributed by atoms with Gasteiger partial charge in [-0.3, -0.25) is 4.79 Å². The van der Waals surface area contributed by atoms with Gasteiger partial charge in [0.15, 0.2) is 0 Å². The summed E-state index contributed by atoms with van der Waals surface area (Å²) in [5.74, 6) is 2.34. The first-order valence-corrected chi connectivity index (χ1v) is 6.98. The second-order valence-corrected chi connectivity index (χ2v) is 5.52. The smallest absolute Gasteiger partial charge is 0.220 e. The molecule has 1 fully saturated rings. The number of hydrogen-bond donors (Lipinski definition) is 1. The number of aryl methyl sites for hydroxylation is 1. The molecule has 1 heterocycles. The van der Waals surface area contributed by atoms with Crippen LogP contribution in [0.5, 0.6) is 0 Å². The first kappa shape index (κ1) is 13.2. The van der Waals surface area contributed by atoms with Crippen LogP contribution in [-0.2, 0) is 11.2 Å². The number of nitrogens with one attached hydrogen (secondary N) is 1. The van der Waals surface area contributed by atoms with E-state index in [0.717, 1.165) is 12.2 Å². The predicted molar refractivity (Wildman–Crippen MR) is 71.1 cm³/mol. The molecule has 0 aromatic carbocycles. The van der Waals surface area contributed by atoms with Crippen LogP contribution in [-0.4, -0.2) is 11.9 Å². The molecule has 100 valence electrons. The fourth-order valence-corrected chi connectivity index (χ4v) is 2.76. The van der Waals surface area contributed by atoms with Crippen molar-refractivity contribution in [1.29, 1.82) is 0 Å². The van der Waals surface area contributed by atoms with Gasteiger partial charge >= 0.3 is 0 Å². The van der Waals surface area contributed by atoms with E-state index in [1.807, 2.05) is 12.1 Å². The highest BCUT2D eigenvalue weighted by atomic mass is 16.3. The summed E-state index contributed by atoms with van der Waals surface area (Å²) in [6.07, 6.45) is 6.51. The van der Waals surface area contributed by atoms with Crippen LogP contribution < -0.4 is 5.32 Å². The quantitative estimate of drug-likeness (QED) is 0.890. The Bertz CT molecular complexity index is 372. The molecule has 0 unspecified atom stereocenters. The summed E-state index contributed by atoms with van der Waals surface area (Å²) >= 11 is 0. The molecule has 0 saturated heterocycles. The zero-order valence-electron chi connectivity index (χ0n) is 11.3. The first-order valence-electron chi connectivity index (χ1n) is 6.98. The Hall–Kier alpha value is -1.25. The van der Waals surface area contributed by atoms with E-state index in [9.17, 15) is 4.79 Å². The van der Waals surface area contributed by atoms with Gasteiger partial charge in [0.05, 0.1) is 6.26 Å². The Morgan fingerprint density at radius 3 is 3.00 bits per heavy atom. The summed E-state index contributed by atoms with van der Waals surface area (Å²) in [7, 11) is 0.